The van der Waals surface area contributed by atoms with Gasteiger partial charge in [-0.2, -0.15) is 4.21 Å². The lowest BCUT2D eigenvalue weighted by atomic mass is 10.2. The number of hydrogen-bond acceptors (Lipinski definition) is 3. The molecule has 0 aromatic heterocycles. The molecule has 1 aliphatic rings. The van der Waals surface area contributed by atoms with Crippen molar-refractivity contribution in [3.05, 3.63) is 42.2 Å². The summed E-state index contributed by atoms with van der Waals surface area (Å²) in [7, 11) is 0. The molecule has 1 atom stereocenters. The lowest BCUT2D eigenvalue weighted by Crippen LogP contribution is -1.87. The summed E-state index contributed by atoms with van der Waals surface area (Å²) < 4.78 is 20.1. The molecule has 4 heteroatoms. The van der Waals surface area contributed by atoms with Gasteiger partial charge in [-0.15, -0.1) is 0 Å². The number of benzene rings is 1. The summed E-state index contributed by atoms with van der Waals surface area (Å²) in [4.78, 5) is 0. The second-order valence-corrected chi connectivity index (χ2v) is 3.00. The highest BCUT2D eigenvalue weighted by Gasteiger charge is 2.15. The molecule has 0 saturated heterocycles. The predicted molar refractivity (Wildman–Crippen MR) is 44.7 cm³/mol. The third-order valence-electron chi connectivity index (χ3n) is 1.45. The van der Waals surface area contributed by atoms with E-state index in [2.05, 4.69) is 4.18 Å². The van der Waals surface area contributed by atoms with Crippen LogP contribution < -0.4 is 0 Å². The van der Waals surface area contributed by atoms with Crippen molar-refractivity contribution in [3.8, 4) is 0 Å². The third kappa shape index (κ3) is 1.33. The van der Waals surface area contributed by atoms with E-state index < -0.39 is 11.4 Å². The maximum atomic E-state index is 10.6. The zero-order chi connectivity index (χ0) is 8.39. The minimum atomic E-state index is -1.65. The van der Waals surface area contributed by atoms with Crippen molar-refractivity contribution in [2.75, 3.05) is 0 Å². The third-order valence-corrected chi connectivity index (χ3v) is 2.02. The van der Waals surface area contributed by atoms with E-state index >= 15 is 0 Å². The lowest BCUT2D eigenvalue weighted by Gasteiger charge is -1.96. The Balaban J connectivity index is 2.28. The fraction of sp³-hybridized carbons (Fsp3) is 0. The molecule has 0 spiro atoms. The molecule has 1 unspecified atom stereocenters. The van der Waals surface area contributed by atoms with Crippen LogP contribution in [0.25, 0.3) is 5.76 Å². The van der Waals surface area contributed by atoms with Crippen LogP contribution in [-0.4, -0.2) is 4.21 Å². The monoisotopic (exact) mass is 182 g/mol. The summed E-state index contributed by atoms with van der Waals surface area (Å²) in [6.45, 7) is 0. The van der Waals surface area contributed by atoms with Gasteiger partial charge in [0.05, 0.1) is 0 Å². The molecule has 3 nitrogen and oxygen atoms in total. The molecule has 0 aliphatic carbocycles. The van der Waals surface area contributed by atoms with E-state index in [1.54, 1.807) is 0 Å². The molecule has 0 N–H and O–H groups in total. The molecule has 62 valence electrons. The van der Waals surface area contributed by atoms with Gasteiger partial charge in [-0.25, -0.2) is 0 Å². The van der Waals surface area contributed by atoms with E-state index in [4.69, 9.17) is 4.18 Å². The number of rotatable bonds is 1. The van der Waals surface area contributed by atoms with E-state index in [0.717, 1.165) is 5.56 Å². The highest BCUT2D eigenvalue weighted by Crippen LogP contribution is 2.22. The Morgan fingerprint density at radius 1 is 1.17 bits per heavy atom. The first-order valence-corrected chi connectivity index (χ1v) is 4.39. The second kappa shape index (κ2) is 2.98. The summed E-state index contributed by atoms with van der Waals surface area (Å²) in [5, 5.41) is 0. The van der Waals surface area contributed by atoms with Crippen molar-refractivity contribution in [1.29, 1.82) is 0 Å². The molecule has 0 fully saturated rings. The molecule has 1 heterocycles. The summed E-state index contributed by atoms with van der Waals surface area (Å²) in [5.74, 6) is 0.508. The fourth-order valence-corrected chi connectivity index (χ4v) is 1.40. The Bertz CT molecular complexity index is 331. The summed E-state index contributed by atoms with van der Waals surface area (Å²) in [5.41, 5.74) is 0.864. The van der Waals surface area contributed by atoms with E-state index in [0.29, 0.717) is 5.76 Å². The van der Waals surface area contributed by atoms with Gasteiger partial charge in [0.1, 0.15) is 0 Å². The largest absolute Gasteiger partial charge is 0.417 e. The molecule has 0 bridgehead atoms. The fourth-order valence-electron chi connectivity index (χ4n) is 0.914. The van der Waals surface area contributed by atoms with Crippen LogP contribution in [0.4, 0.5) is 0 Å². The maximum absolute atomic E-state index is 10.6. The SMILES string of the molecule is O=S1OC=C(c2ccccc2)O1. The van der Waals surface area contributed by atoms with Crippen molar-refractivity contribution in [1.82, 2.24) is 0 Å². The van der Waals surface area contributed by atoms with Gasteiger partial charge in [0.2, 0.25) is 0 Å². The molecule has 12 heavy (non-hydrogen) atoms. The molecular formula is C8H6O3S. The van der Waals surface area contributed by atoms with Crippen LogP contribution in [0.2, 0.25) is 0 Å². The van der Waals surface area contributed by atoms with Gasteiger partial charge in [-0.1, -0.05) is 30.3 Å². The van der Waals surface area contributed by atoms with Gasteiger partial charge in [0.15, 0.2) is 12.0 Å². The molecule has 1 aliphatic heterocycles. The van der Waals surface area contributed by atoms with Crippen molar-refractivity contribution in [2.45, 2.75) is 0 Å². The molecular weight excluding hydrogens is 176 g/mol. The van der Waals surface area contributed by atoms with Crippen molar-refractivity contribution in [2.24, 2.45) is 0 Å². The first-order chi connectivity index (χ1) is 5.86. The van der Waals surface area contributed by atoms with Gasteiger partial charge in [-0.05, 0) is 0 Å². The van der Waals surface area contributed by atoms with E-state index in [9.17, 15) is 4.21 Å². The first-order valence-electron chi connectivity index (χ1n) is 3.39. The molecule has 0 radical (unpaired) electrons. The average Bonchev–Trinajstić information content (AvgIpc) is 2.54. The molecule has 1 aromatic rings. The van der Waals surface area contributed by atoms with E-state index in [1.165, 1.54) is 6.26 Å². The summed E-state index contributed by atoms with van der Waals surface area (Å²) in [6.07, 6.45) is 1.35. The number of hydrogen-bond donors (Lipinski definition) is 0. The van der Waals surface area contributed by atoms with E-state index in [-0.39, 0.29) is 0 Å². The van der Waals surface area contributed by atoms with Gasteiger partial charge in [0, 0.05) is 5.56 Å². The minimum absolute atomic E-state index is 0.508. The van der Waals surface area contributed by atoms with Crippen molar-refractivity contribution in [3.63, 3.8) is 0 Å². The molecule has 1 aromatic carbocycles. The second-order valence-electron chi connectivity index (χ2n) is 2.23. The highest BCUT2D eigenvalue weighted by atomic mass is 32.2. The zero-order valence-corrected chi connectivity index (χ0v) is 6.91. The van der Waals surface area contributed by atoms with E-state index in [1.807, 2.05) is 30.3 Å². The molecule has 0 amide bonds. The van der Waals surface area contributed by atoms with Crippen LogP contribution in [0.15, 0.2) is 36.6 Å². The van der Waals surface area contributed by atoms with Crippen LogP contribution in [0.3, 0.4) is 0 Å². The van der Waals surface area contributed by atoms with Crippen LogP contribution >= 0.6 is 0 Å². The Hall–Kier alpha value is -1.29. The van der Waals surface area contributed by atoms with Gasteiger partial charge in [0.25, 0.3) is 0 Å². The standard InChI is InChI=1S/C8H6O3S/c9-12-10-6-8(11-12)7-4-2-1-3-5-7/h1-6H. The van der Waals surface area contributed by atoms with Crippen LogP contribution in [0.1, 0.15) is 5.56 Å². The van der Waals surface area contributed by atoms with Gasteiger partial charge in [-0.3, -0.25) is 0 Å². The van der Waals surface area contributed by atoms with Crippen LogP contribution in [0, 0.1) is 0 Å². The van der Waals surface area contributed by atoms with Crippen LogP contribution in [0.5, 0.6) is 0 Å². The Kier molecular flexibility index (Phi) is 1.83. The topological polar surface area (TPSA) is 35.5 Å². The average molecular weight is 182 g/mol. The first kappa shape index (κ1) is 7.36. The Morgan fingerprint density at radius 3 is 2.50 bits per heavy atom. The van der Waals surface area contributed by atoms with Crippen molar-refractivity contribution < 1.29 is 12.6 Å². The van der Waals surface area contributed by atoms with Gasteiger partial charge >= 0.3 is 11.4 Å². The van der Waals surface area contributed by atoms with Crippen LogP contribution in [-0.2, 0) is 19.7 Å². The molecule has 2 rings (SSSR count). The Morgan fingerprint density at radius 2 is 1.92 bits per heavy atom. The highest BCUT2D eigenvalue weighted by molar-refractivity contribution is 7.75. The minimum Gasteiger partial charge on any atom is -0.375 e. The smallest absolute Gasteiger partial charge is 0.375 e. The van der Waals surface area contributed by atoms with Crippen molar-refractivity contribution >= 4 is 17.1 Å². The molecule has 0 saturated carbocycles. The lowest BCUT2D eigenvalue weighted by molar-refractivity contribution is 0.458. The predicted octanol–water partition coefficient (Wildman–Crippen LogP) is 1.61. The summed E-state index contributed by atoms with van der Waals surface area (Å²) >= 11 is -1.65. The quantitative estimate of drug-likeness (QED) is 0.662. The van der Waals surface area contributed by atoms with Gasteiger partial charge < -0.3 is 8.37 Å². The normalized spacial score (nSPS) is 21.0. The zero-order valence-electron chi connectivity index (χ0n) is 6.10. The Labute approximate surface area is 72.5 Å². The summed E-state index contributed by atoms with van der Waals surface area (Å²) in [6, 6.07) is 9.37. The maximum Gasteiger partial charge on any atom is 0.417 e.